The minimum Gasteiger partial charge on any atom is -0.391 e. The number of β-amino-alcohol motifs (C(OH)–C–C–N with tert-alkyl or cyclic N) is 1. The quantitative estimate of drug-likeness (QED) is 0.635. The fourth-order valence-electron chi connectivity index (χ4n) is 2.37. The predicted octanol–water partition coefficient (Wildman–Crippen LogP) is -0.997. The zero-order chi connectivity index (χ0) is 11.5. The Morgan fingerprint density at radius 1 is 1.25 bits per heavy atom. The normalized spacial score (nSPS) is 28.6. The van der Waals surface area contributed by atoms with Crippen molar-refractivity contribution in [1.29, 1.82) is 0 Å². The fourth-order valence-corrected chi connectivity index (χ4v) is 2.37. The second-order valence-corrected chi connectivity index (χ2v) is 4.90. The Bertz CT molecular complexity index is 252. The maximum Gasteiger partial charge on any atom is 0.236 e. The van der Waals surface area contributed by atoms with Crippen molar-refractivity contribution in [2.24, 2.45) is 5.73 Å². The molecule has 2 saturated heterocycles. The number of aliphatic hydroxyl groups is 1. The summed E-state index contributed by atoms with van der Waals surface area (Å²) < 4.78 is 0. The van der Waals surface area contributed by atoms with Crippen molar-refractivity contribution in [1.82, 2.24) is 9.80 Å². The van der Waals surface area contributed by atoms with E-state index in [4.69, 9.17) is 5.73 Å². The van der Waals surface area contributed by atoms with Crippen LogP contribution in [0.4, 0.5) is 0 Å². The molecule has 2 heterocycles. The molecule has 0 aromatic carbocycles. The predicted molar refractivity (Wildman–Crippen MR) is 60.9 cm³/mol. The van der Waals surface area contributed by atoms with Crippen LogP contribution in [0.5, 0.6) is 0 Å². The average Bonchev–Trinajstić information content (AvgIpc) is 2.68. The SMILES string of the molecule is NC1CCN(CC(=O)N2CC[C@H](O)C2)CC1. The van der Waals surface area contributed by atoms with Gasteiger partial charge in [0, 0.05) is 32.2 Å². The van der Waals surface area contributed by atoms with Crippen LogP contribution in [0.15, 0.2) is 0 Å². The highest BCUT2D eigenvalue weighted by molar-refractivity contribution is 5.78. The molecule has 0 unspecified atom stereocenters. The standard InChI is InChI=1S/C11H21N3O2/c12-9-1-4-13(5-2-9)8-11(16)14-6-3-10(15)7-14/h9-10,15H,1-8,12H2/t10-/m0/s1. The Morgan fingerprint density at radius 2 is 1.94 bits per heavy atom. The first-order valence-corrected chi connectivity index (χ1v) is 6.09. The Hall–Kier alpha value is -0.650. The van der Waals surface area contributed by atoms with Gasteiger partial charge in [0.2, 0.25) is 5.91 Å². The number of likely N-dealkylation sites (tertiary alicyclic amines) is 2. The zero-order valence-electron chi connectivity index (χ0n) is 9.64. The number of hydrogen-bond donors (Lipinski definition) is 2. The van der Waals surface area contributed by atoms with E-state index >= 15 is 0 Å². The van der Waals surface area contributed by atoms with Crippen LogP contribution in [0.2, 0.25) is 0 Å². The van der Waals surface area contributed by atoms with Crippen LogP contribution in [-0.4, -0.2) is 65.7 Å². The molecule has 2 aliphatic rings. The molecule has 5 heteroatoms. The Morgan fingerprint density at radius 3 is 2.50 bits per heavy atom. The molecule has 3 N–H and O–H groups in total. The van der Waals surface area contributed by atoms with Gasteiger partial charge in [-0.1, -0.05) is 0 Å². The first-order valence-electron chi connectivity index (χ1n) is 6.09. The van der Waals surface area contributed by atoms with Gasteiger partial charge < -0.3 is 15.7 Å². The third kappa shape index (κ3) is 2.93. The van der Waals surface area contributed by atoms with Gasteiger partial charge in [0.05, 0.1) is 12.6 Å². The summed E-state index contributed by atoms with van der Waals surface area (Å²) in [4.78, 5) is 15.8. The summed E-state index contributed by atoms with van der Waals surface area (Å²) in [5.41, 5.74) is 5.81. The molecule has 5 nitrogen and oxygen atoms in total. The van der Waals surface area contributed by atoms with Crippen molar-refractivity contribution in [2.75, 3.05) is 32.7 Å². The van der Waals surface area contributed by atoms with Gasteiger partial charge in [-0.15, -0.1) is 0 Å². The monoisotopic (exact) mass is 227 g/mol. The lowest BCUT2D eigenvalue weighted by molar-refractivity contribution is -0.132. The summed E-state index contributed by atoms with van der Waals surface area (Å²) in [5.74, 6) is 0.145. The molecule has 2 rings (SSSR count). The Kier molecular flexibility index (Phi) is 3.78. The van der Waals surface area contributed by atoms with Gasteiger partial charge in [0.25, 0.3) is 0 Å². The number of hydrogen-bond acceptors (Lipinski definition) is 4. The van der Waals surface area contributed by atoms with Crippen LogP contribution in [0.25, 0.3) is 0 Å². The topological polar surface area (TPSA) is 69.8 Å². The van der Waals surface area contributed by atoms with E-state index in [2.05, 4.69) is 4.90 Å². The number of carbonyl (C=O) groups excluding carboxylic acids is 1. The highest BCUT2D eigenvalue weighted by atomic mass is 16.3. The van der Waals surface area contributed by atoms with E-state index in [1.165, 1.54) is 0 Å². The molecule has 0 bridgehead atoms. The van der Waals surface area contributed by atoms with Crippen molar-refractivity contribution in [3.05, 3.63) is 0 Å². The molecular weight excluding hydrogens is 206 g/mol. The van der Waals surface area contributed by atoms with E-state index in [9.17, 15) is 9.90 Å². The molecule has 0 radical (unpaired) electrons. The first-order chi connectivity index (χ1) is 7.65. The van der Waals surface area contributed by atoms with E-state index in [0.717, 1.165) is 32.4 Å². The number of carbonyl (C=O) groups is 1. The Balaban J connectivity index is 1.75. The van der Waals surface area contributed by atoms with Gasteiger partial charge in [-0.2, -0.15) is 0 Å². The molecule has 1 amide bonds. The van der Waals surface area contributed by atoms with E-state index < -0.39 is 0 Å². The van der Waals surface area contributed by atoms with Crippen LogP contribution >= 0.6 is 0 Å². The maximum absolute atomic E-state index is 11.9. The molecule has 2 fully saturated rings. The van der Waals surface area contributed by atoms with E-state index in [1.54, 1.807) is 4.90 Å². The van der Waals surface area contributed by atoms with Gasteiger partial charge in [-0.05, 0) is 19.3 Å². The van der Waals surface area contributed by atoms with E-state index in [0.29, 0.717) is 25.7 Å². The van der Waals surface area contributed by atoms with Gasteiger partial charge >= 0.3 is 0 Å². The molecule has 92 valence electrons. The lowest BCUT2D eigenvalue weighted by atomic mass is 10.1. The lowest BCUT2D eigenvalue weighted by Gasteiger charge is -2.30. The minimum atomic E-state index is -0.321. The second kappa shape index (κ2) is 5.12. The van der Waals surface area contributed by atoms with Crippen molar-refractivity contribution < 1.29 is 9.90 Å². The van der Waals surface area contributed by atoms with Crippen LogP contribution < -0.4 is 5.73 Å². The number of nitrogens with two attached hydrogens (primary N) is 1. The Labute approximate surface area is 96.2 Å². The van der Waals surface area contributed by atoms with Crippen LogP contribution in [0.3, 0.4) is 0 Å². The number of nitrogens with zero attached hydrogens (tertiary/aromatic N) is 2. The van der Waals surface area contributed by atoms with Crippen molar-refractivity contribution in [2.45, 2.75) is 31.4 Å². The third-order valence-corrected chi connectivity index (χ3v) is 3.51. The van der Waals surface area contributed by atoms with E-state index in [-0.39, 0.29) is 12.0 Å². The fraction of sp³-hybridized carbons (Fsp3) is 0.909. The summed E-state index contributed by atoms with van der Waals surface area (Å²) in [6.07, 6.45) is 2.36. The average molecular weight is 227 g/mol. The van der Waals surface area contributed by atoms with Crippen molar-refractivity contribution in [3.8, 4) is 0 Å². The summed E-state index contributed by atoms with van der Waals surface area (Å²) in [6, 6.07) is 0.306. The maximum atomic E-state index is 11.9. The number of piperidine rings is 1. The second-order valence-electron chi connectivity index (χ2n) is 4.90. The van der Waals surface area contributed by atoms with Gasteiger partial charge in [0.1, 0.15) is 0 Å². The van der Waals surface area contributed by atoms with Gasteiger partial charge in [-0.25, -0.2) is 0 Å². The number of rotatable bonds is 2. The molecular formula is C11H21N3O2. The zero-order valence-corrected chi connectivity index (χ0v) is 9.64. The third-order valence-electron chi connectivity index (χ3n) is 3.51. The molecule has 16 heavy (non-hydrogen) atoms. The molecule has 0 saturated carbocycles. The molecule has 0 aromatic rings. The summed E-state index contributed by atoms with van der Waals surface area (Å²) in [5, 5.41) is 9.37. The highest BCUT2D eigenvalue weighted by Crippen LogP contribution is 2.12. The van der Waals surface area contributed by atoms with Gasteiger partial charge in [0.15, 0.2) is 0 Å². The molecule has 0 aromatic heterocycles. The number of aliphatic hydroxyl groups excluding tert-OH is 1. The summed E-state index contributed by atoms with van der Waals surface area (Å²) in [7, 11) is 0. The summed E-state index contributed by atoms with van der Waals surface area (Å²) in [6.45, 7) is 3.53. The highest BCUT2D eigenvalue weighted by Gasteiger charge is 2.26. The van der Waals surface area contributed by atoms with Crippen LogP contribution in [-0.2, 0) is 4.79 Å². The van der Waals surface area contributed by atoms with E-state index in [1.807, 2.05) is 0 Å². The van der Waals surface area contributed by atoms with Crippen LogP contribution in [0.1, 0.15) is 19.3 Å². The smallest absolute Gasteiger partial charge is 0.236 e. The van der Waals surface area contributed by atoms with Crippen LogP contribution in [0, 0.1) is 0 Å². The number of amides is 1. The first kappa shape index (κ1) is 11.8. The molecule has 2 aliphatic heterocycles. The molecule has 0 spiro atoms. The minimum absolute atomic E-state index is 0.145. The van der Waals surface area contributed by atoms with Crippen molar-refractivity contribution >= 4 is 5.91 Å². The summed E-state index contributed by atoms with van der Waals surface area (Å²) >= 11 is 0. The molecule has 1 atom stereocenters. The van der Waals surface area contributed by atoms with Crippen molar-refractivity contribution in [3.63, 3.8) is 0 Å². The molecule has 0 aliphatic carbocycles. The lowest BCUT2D eigenvalue weighted by Crippen LogP contribution is -2.45. The van der Waals surface area contributed by atoms with Gasteiger partial charge in [-0.3, -0.25) is 9.69 Å². The largest absolute Gasteiger partial charge is 0.391 e.